The summed E-state index contributed by atoms with van der Waals surface area (Å²) >= 11 is 7.37. The largest absolute Gasteiger partial charge is 0.360 e. The van der Waals surface area contributed by atoms with Gasteiger partial charge in [-0.05, 0) is 79.9 Å². The molecule has 2 aliphatic rings. The van der Waals surface area contributed by atoms with E-state index in [1.54, 1.807) is 29.2 Å². The fourth-order valence-corrected chi connectivity index (χ4v) is 6.51. The van der Waals surface area contributed by atoms with Crippen molar-refractivity contribution in [1.82, 2.24) is 20.2 Å². The minimum atomic E-state index is -0.175. The number of nitrogens with zero attached hydrogens (tertiary/aromatic N) is 3. The Morgan fingerprint density at radius 3 is 2.51 bits per heavy atom. The summed E-state index contributed by atoms with van der Waals surface area (Å²) in [4.78, 5) is 25.9. The van der Waals surface area contributed by atoms with Crippen LogP contribution in [-0.2, 0) is 6.54 Å². The molecule has 39 heavy (non-hydrogen) atoms. The number of para-hydroxylation sites is 1. The number of benzene rings is 2. The van der Waals surface area contributed by atoms with Crippen molar-refractivity contribution < 1.29 is 4.79 Å². The van der Waals surface area contributed by atoms with Gasteiger partial charge in [-0.15, -0.1) is 11.8 Å². The molecule has 206 valence electrons. The second kappa shape index (κ2) is 13.3. The minimum Gasteiger partial charge on any atom is -0.360 e. The van der Waals surface area contributed by atoms with Gasteiger partial charge in [-0.3, -0.25) is 4.90 Å². The van der Waals surface area contributed by atoms with Gasteiger partial charge in [-0.2, -0.15) is 0 Å². The number of amides is 2. The maximum absolute atomic E-state index is 13.5. The zero-order valence-corrected chi connectivity index (χ0v) is 24.2. The number of aromatic nitrogens is 2. The summed E-state index contributed by atoms with van der Waals surface area (Å²) in [5, 5.41) is 7.65. The van der Waals surface area contributed by atoms with Crippen LogP contribution in [0.1, 0.15) is 62.1 Å². The van der Waals surface area contributed by atoms with Crippen molar-refractivity contribution >= 4 is 46.5 Å². The molecule has 3 aromatic rings. The van der Waals surface area contributed by atoms with Crippen molar-refractivity contribution in [3.63, 3.8) is 0 Å². The molecule has 0 radical (unpaired) electrons. The van der Waals surface area contributed by atoms with Gasteiger partial charge >= 0.3 is 6.03 Å². The number of carbonyl (C=O) groups is 1. The average molecular weight is 563 g/mol. The molecule has 2 heterocycles. The maximum Gasteiger partial charge on any atom is 0.326 e. The van der Waals surface area contributed by atoms with Gasteiger partial charge in [0.25, 0.3) is 0 Å². The third-order valence-electron chi connectivity index (χ3n) is 7.87. The van der Waals surface area contributed by atoms with E-state index in [2.05, 4.69) is 49.8 Å². The monoisotopic (exact) mass is 562 g/mol. The number of aromatic amines is 1. The number of urea groups is 1. The molecule has 1 saturated heterocycles. The number of rotatable bonds is 7. The van der Waals surface area contributed by atoms with Gasteiger partial charge < -0.3 is 20.5 Å². The first-order valence-corrected chi connectivity index (χ1v) is 15.6. The zero-order chi connectivity index (χ0) is 27.0. The normalized spacial score (nSPS) is 16.6. The van der Waals surface area contributed by atoms with E-state index in [1.807, 2.05) is 30.5 Å². The van der Waals surface area contributed by atoms with Crippen LogP contribution in [0.4, 0.5) is 16.2 Å². The summed E-state index contributed by atoms with van der Waals surface area (Å²) in [6, 6.07) is 16.7. The van der Waals surface area contributed by atoms with Gasteiger partial charge in [0.15, 0.2) is 5.11 Å². The van der Waals surface area contributed by atoms with E-state index < -0.39 is 0 Å². The van der Waals surface area contributed by atoms with Crippen LogP contribution < -0.4 is 15.5 Å². The molecule has 1 aromatic heterocycles. The van der Waals surface area contributed by atoms with Gasteiger partial charge in [-0.1, -0.05) is 43.5 Å². The summed E-state index contributed by atoms with van der Waals surface area (Å²) < 4.78 is 0. The van der Waals surface area contributed by atoms with Gasteiger partial charge in [0.1, 0.15) is 0 Å². The first-order chi connectivity index (χ1) is 19.1. The SMILES string of the molecule is CSc1ccccc1NC(=O)N(Cc1cnc[nH]1)c1ccc(C2CCN(C(=S)NC3CCCCC3)CC2)cc1. The smallest absolute Gasteiger partial charge is 0.326 e. The quantitative estimate of drug-likeness (QED) is 0.218. The number of thiocarbonyl (C=S) groups is 1. The molecule has 0 unspecified atom stereocenters. The highest BCUT2D eigenvalue weighted by molar-refractivity contribution is 7.98. The van der Waals surface area contributed by atoms with E-state index in [1.165, 1.54) is 37.7 Å². The van der Waals surface area contributed by atoms with Gasteiger partial charge in [0, 0.05) is 35.9 Å². The summed E-state index contributed by atoms with van der Waals surface area (Å²) in [6.45, 7) is 2.36. The van der Waals surface area contributed by atoms with E-state index in [-0.39, 0.29) is 6.03 Å². The minimum absolute atomic E-state index is 0.175. The zero-order valence-electron chi connectivity index (χ0n) is 22.6. The molecular weight excluding hydrogens is 525 g/mol. The molecule has 5 rings (SSSR count). The van der Waals surface area contributed by atoms with E-state index in [0.717, 1.165) is 53.0 Å². The Kier molecular flexibility index (Phi) is 9.42. The maximum atomic E-state index is 13.5. The van der Waals surface area contributed by atoms with E-state index in [4.69, 9.17) is 12.2 Å². The summed E-state index contributed by atoms with van der Waals surface area (Å²) in [5.74, 6) is 0.496. The van der Waals surface area contributed by atoms with Gasteiger partial charge in [0.2, 0.25) is 0 Å². The number of carbonyl (C=O) groups excluding carboxylic acids is 1. The Hall–Kier alpha value is -3.04. The molecule has 2 amide bonds. The Morgan fingerprint density at radius 1 is 1.08 bits per heavy atom. The number of nitrogens with one attached hydrogen (secondary N) is 3. The Balaban J connectivity index is 1.23. The number of hydrogen-bond acceptors (Lipinski definition) is 4. The molecule has 1 aliphatic carbocycles. The highest BCUT2D eigenvalue weighted by Gasteiger charge is 2.25. The molecule has 1 aliphatic heterocycles. The van der Waals surface area contributed by atoms with Crippen LogP contribution in [0.3, 0.4) is 0 Å². The first-order valence-electron chi connectivity index (χ1n) is 13.9. The summed E-state index contributed by atoms with van der Waals surface area (Å²) in [7, 11) is 0. The molecule has 9 heteroatoms. The Morgan fingerprint density at radius 2 is 1.82 bits per heavy atom. The number of anilines is 2. The van der Waals surface area contributed by atoms with Crippen molar-refractivity contribution in [2.24, 2.45) is 0 Å². The predicted octanol–water partition coefficient (Wildman–Crippen LogP) is 6.76. The Labute approximate surface area is 241 Å². The van der Waals surface area contributed by atoms with Crippen LogP contribution in [0.5, 0.6) is 0 Å². The van der Waals surface area contributed by atoms with Crippen molar-refractivity contribution in [2.45, 2.75) is 68.3 Å². The number of imidazole rings is 1. The number of H-pyrrole nitrogens is 1. The second-order valence-corrected chi connectivity index (χ2v) is 11.7. The van der Waals surface area contributed by atoms with Crippen LogP contribution in [0, 0.1) is 0 Å². The fraction of sp³-hybridized carbons (Fsp3) is 0.433. The first kappa shape index (κ1) is 27.5. The van der Waals surface area contributed by atoms with Crippen LogP contribution in [-0.4, -0.2) is 51.4 Å². The lowest BCUT2D eigenvalue weighted by Gasteiger charge is -2.36. The summed E-state index contributed by atoms with van der Waals surface area (Å²) in [5.41, 5.74) is 3.85. The topological polar surface area (TPSA) is 76.3 Å². The molecular formula is C30H38N6OS2. The van der Waals surface area contributed by atoms with Crippen LogP contribution >= 0.6 is 24.0 Å². The molecule has 0 bridgehead atoms. The lowest BCUT2D eigenvalue weighted by molar-refractivity contribution is 0.256. The van der Waals surface area contributed by atoms with Crippen LogP contribution in [0.25, 0.3) is 0 Å². The molecule has 2 fully saturated rings. The molecule has 0 spiro atoms. The van der Waals surface area contributed by atoms with E-state index >= 15 is 0 Å². The standard InChI is InChI=1S/C30H38N6OS2/c1-39-28-10-6-5-9-27(28)34-29(37)36(20-25-19-31-21-32-25)26-13-11-22(12-14-26)23-15-17-35(18-16-23)30(38)33-24-7-3-2-4-8-24/h5-6,9-14,19,21,23-24H,2-4,7-8,15-18,20H2,1H3,(H,31,32)(H,33,38)(H,34,37). The van der Waals surface area contributed by atoms with Crippen molar-refractivity contribution in [3.05, 3.63) is 72.3 Å². The number of piperidine rings is 1. The number of thioether (sulfide) groups is 1. The number of hydrogen-bond donors (Lipinski definition) is 3. The highest BCUT2D eigenvalue weighted by Crippen LogP contribution is 2.31. The molecule has 3 N–H and O–H groups in total. The van der Waals surface area contributed by atoms with Crippen LogP contribution in [0.15, 0.2) is 66.0 Å². The molecule has 1 saturated carbocycles. The van der Waals surface area contributed by atoms with E-state index in [0.29, 0.717) is 18.5 Å². The Bertz CT molecular complexity index is 1220. The highest BCUT2D eigenvalue weighted by atomic mass is 32.2. The van der Waals surface area contributed by atoms with Gasteiger partial charge in [-0.25, -0.2) is 9.78 Å². The predicted molar refractivity (Wildman–Crippen MR) is 165 cm³/mol. The second-order valence-electron chi connectivity index (χ2n) is 10.4. The molecule has 7 nitrogen and oxygen atoms in total. The third-order valence-corrected chi connectivity index (χ3v) is 9.04. The number of likely N-dealkylation sites (tertiary alicyclic amines) is 1. The van der Waals surface area contributed by atoms with Crippen molar-refractivity contribution in [1.29, 1.82) is 0 Å². The van der Waals surface area contributed by atoms with Crippen molar-refractivity contribution in [3.8, 4) is 0 Å². The van der Waals surface area contributed by atoms with Crippen molar-refractivity contribution in [2.75, 3.05) is 29.6 Å². The lowest BCUT2D eigenvalue weighted by Crippen LogP contribution is -2.47. The average Bonchev–Trinajstić information content (AvgIpc) is 3.50. The van der Waals surface area contributed by atoms with E-state index in [9.17, 15) is 4.79 Å². The van der Waals surface area contributed by atoms with Gasteiger partial charge in [0.05, 0.1) is 24.3 Å². The fourth-order valence-electron chi connectivity index (χ4n) is 5.61. The van der Waals surface area contributed by atoms with Crippen LogP contribution in [0.2, 0.25) is 0 Å². The molecule has 0 atom stereocenters. The lowest BCUT2D eigenvalue weighted by atomic mass is 9.89. The molecule has 2 aromatic carbocycles. The third kappa shape index (κ3) is 7.13. The summed E-state index contributed by atoms with van der Waals surface area (Å²) in [6.07, 6.45) is 14.0.